The average Bonchev–Trinajstić information content (AvgIpc) is 3.45. The molecule has 4 aromatic rings. The number of aryl methyl sites for hydroxylation is 2. The summed E-state index contributed by atoms with van der Waals surface area (Å²) in [5.41, 5.74) is 2.45. The molecule has 1 aromatic carbocycles. The van der Waals surface area contributed by atoms with Gasteiger partial charge in [0.25, 0.3) is 5.56 Å². The summed E-state index contributed by atoms with van der Waals surface area (Å²) < 4.78 is 12.9. The predicted octanol–water partition coefficient (Wildman–Crippen LogP) is 3.76. The van der Waals surface area contributed by atoms with Crippen LogP contribution in [-0.2, 0) is 29.1 Å². The first-order chi connectivity index (χ1) is 19.7. The minimum atomic E-state index is -1.14. The Morgan fingerprint density at radius 1 is 0.976 bits per heavy atom. The van der Waals surface area contributed by atoms with E-state index in [1.165, 1.54) is 16.1 Å². The van der Waals surface area contributed by atoms with Crippen LogP contribution in [0.3, 0.4) is 0 Å². The molecule has 3 aromatic heterocycles. The second-order valence-electron chi connectivity index (χ2n) is 10.8. The fraction of sp³-hybridized carbons (Fsp3) is 0.355. The molecular formula is C31H35N5O5. The molecule has 0 aliphatic carbocycles. The van der Waals surface area contributed by atoms with Crippen LogP contribution in [0.2, 0.25) is 0 Å². The number of rotatable bonds is 10. The third-order valence-corrected chi connectivity index (χ3v) is 7.52. The molecule has 0 saturated heterocycles. The fourth-order valence-electron chi connectivity index (χ4n) is 5.09. The number of pyridine rings is 2. The number of carbonyl (C=O) groups excluding carboxylic acids is 2. The quantitative estimate of drug-likeness (QED) is 0.234. The van der Waals surface area contributed by atoms with Gasteiger partial charge in [0.2, 0.25) is 11.8 Å². The predicted molar refractivity (Wildman–Crippen MR) is 157 cm³/mol. The first-order valence-corrected chi connectivity index (χ1v) is 13.7. The molecular weight excluding hydrogens is 522 g/mol. The van der Waals surface area contributed by atoms with E-state index in [2.05, 4.69) is 16.4 Å². The van der Waals surface area contributed by atoms with Gasteiger partial charge in [0.15, 0.2) is 5.58 Å². The first kappa shape index (κ1) is 28.1. The van der Waals surface area contributed by atoms with E-state index < -0.39 is 5.41 Å². The largest absolute Gasteiger partial charge is 0.493 e. The number of benzene rings is 1. The molecule has 0 bridgehead atoms. The lowest BCUT2D eigenvalue weighted by molar-refractivity contribution is -0.137. The second-order valence-corrected chi connectivity index (χ2v) is 10.8. The molecule has 1 aliphatic rings. The smallest absolute Gasteiger partial charge is 0.294 e. The SMILES string of the molecule is CN1C(=O)C(C)(C)C(=O)N(C)c2cc(OCCCNCc3ccnc(CCn4ccc5ccoc5c4=O)c3)ccc21. The van der Waals surface area contributed by atoms with Gasteiger partial charge in [-0.05, 0) is 68.8 Å². The monoisotopic (exact) mass is 557 g/mol. The Labute approximate surface area is 238 Å². The van der Waals surface area contributed by atoms with E-state index in [0.29, 0.717) is 48.8 Å². The van der Waals surface area contributed by atoms with Gasteiger partial charge in [0, 0.05) is 63.1 Å². The van der Waals surface area contributed by atoms with Gasteiger partial charge in [-0.2, -0.15) is 0 Å². The molecule has 10 heteroatoms. The molecule has 2 amide bonds. The third kappa shape index (κ3) is 5.74. The van der Waals surface area contributed by atoms with Crippen LogP contribution in [0.5, 0.6) is 5.75 Å². The lowest BCUT2D eigenvalue weighted by Crippen LogP contribution is -2.46. The van der Waals surface area contributed by atoms with E-state index in [1.54, 1.807) is 51.0 Å². The summed E-state index contributed by atoms with van der Waals surface area (Å²) in [5, 5.41) is 4.24. The summed E-state index contributed by atoms with van der Waals surface area (Å²) in [7, 11) is 3.38. The number of amides is 2. The lowest BCUT2D eigenvalue weighted by Gasteiger charge is -2.25. The van der Waals surface area contributed by atoms with Gasteiger partial charge in [0.05, 0.1) is 24.2 Å². The maximum absolute atomic E-state index is 12.9. The molecule has 41 heavy (non-hydrogen) atoms. The van der Waals surface area contributed by atoms with Crippen LogP contribution in [0, 0.1) is 5.41 Å². The molecule has 10 nitrogen and oxygen atoms in total. The van der Waals surface area contributed by atoms with Gasteiger partial charge in [-0.3, -0.25) is 19.4 Å². The summed E-state index contributed by atoms with van der Waals surface area (Å²) in [4.78, 5) is 45.8. The van der Waals surface area contributed by atoms with E-state index in [0.717, 1.165) is 29.6 Å². The molecule has 0 fully saturated rings. The van der Waals surface area contributed by atoms with Crippen molar-refractivity contribution < 1.29 is 18.7 Å². The summed E-state index contributed by atoms with van der Waals surface area (Å²) >= 11 is 0. The summed E-state index contributed by atoms with van der Waals surface area (Å²) in [6.07, 6.45) is 6.53. The van der Waals surface area contributed by atoms with E-state index in [9.17, 15) is 14.4 Å². The molecule has 214 valence electrons. The number of fused-ring (bicyclic) bond motifs is 2. The number of anilines is 2. The van der Waals surface area contributed by atoms with Crippen molar-refractivity contribution in [3.05, 3.63) is 82.7 Å². The Bertz CT molecular complexity index is 1640. The maximum Gasteiger partial charge on any atom is 0.294 e. The molecule has 0 unspecified atom stereocenters. The minimum Gasteiger partial charge on any atom is -0.493 e. The minimum absolute atomic E-state index is 0.134. The molecule has 1 N–H and O–H groups in total. The molecule has 0 radical (unpaired) electrons. The summed E-state index contributed by atoms with van der Waals surface area (Å²) in [5.74, 6) is 0.155. The first-order valence-electron chi connectivity index (χ1n) is 13.7. The van der Waals surface area contributed by atoms with E-state index in [4.69, 9.17) is 9.15 Å². The van der Waals surface area contributed by atoms with Crippen molar-refractivity contribution in [2.24, 2.45) is 5.41 Å². The van der Waals surface area contributed by atoms with Gasteiger partial charge >= 0.3 is 0 Å². The Kier molecular flexibility index (Phi) is 7.94. The maximum atomic E-state index is 12.9. The van der Waals surface area contributed by atoms with Crippen molar-refractivity contribution >= 4 is 34.2 Å². The highest BCUT2D eigenvalue weighted by molar-refractivity contribution is 6.19. The van der Waals surface area contributed by atoms with Gasteiger partial charge in [-0.1, -0.05) is 0 Å². The van der Waals surface area contributed by atoms with Crippen LogP contribution in [0.25, 0.3) is 11.0 Å². The van der Waals surface area contributed by atoms with Gasteiger partial charge in [-0.25, -0.2) is 0 Å². The molecule has 4 heterocycles. The second kappa shape index (κ2) is 11.6. The van der Waals surface area contributed by atoms with E-state index in [1.807, 2.05) is 30.3 Å². The van der Waals surface area contributed by atoms with Crippen LogP contribution in [0.15, 0.2) is 70.3 Å². The Balaban J connectivity index is 1.09. The highest BCUT2D eigenvalue weighted by Gasteiger charge is 2.44. The zero-order chi connectivity index (χ0) is 29.1. The van der Waals surface area contributed by atoms with Crippen LogP contribution < -0.4 is 25.4 Å². The van der Waals surface area contributed by atoms with Crippen molar-refractivity contribution in [2.75, 3.05) is 37.0 Å². The van der Waals surface area contributed by atoms with Crippen molar-refractivity contribution in [3.8, 4) is 5.75 Å². The molecule has 0 saturated carbocycles. The zero-order valence-corrected chi connectivity index (χ0v) is 23.8. The van der Waals surface area contributed by atoms with Crippen LogP contribution in [0.1, 0.15) is 31.5 Å². The number of furan rings is 1. The number of hydrogen-bond acceptors (Lipinski definition) is 7. The van der Waals surface area contributed by atoms with Gasteiger partial charge < -0.3 is 28.8 Å². The lowest BCUT2D eigenvalue weighted by atomic mass is 9.90. The van der Waals surface area contributed by atoms with Crippen LogP contribution in [0.4, 0.5) is 11.4 Å². The normalized spacial score (nSPS) is 14.8. The number of nitrogens with zero attached hydrogens (tertiary/aromatic N) is 4. The standard InChI is InChI=1S/C31H35N5O5/c1-31(2)29(38)34(3)25-7-6-24(19-26(25)35(4)30(31)39)40-16-5-12-32-20-21-8-13-33-23(18-21)10-15-36-14-9-22-11-17-41-27(22)28(36)37/h6-9,11,13-14,17-19,32H,5,10,12,15-16,20H2,1-4H3. The number of hydrogen-bond donors (Lipinski definition) is 1. The Morgan fingerprint density at radius 3 is 2.56 bits per heavy atom. The van der Waals surface area contributed by atoms with Crippen molar-refractivity contribution in [1.82, 2.24) is 14.9 Å². The van der Waals surface area contributed by atoms with Crippen molar-refractivity contribution in [2.45, 2.75) is 39.8 Å². The Hall–Kier alpha value is -4.44. The molecule has 0 spiro atoms. The number of aromatic nitrogens is 2. The average molecular weight is 558 g/mol. The fourth-order valence-corrected chi connectivity index (χ4v) is 5.09. The topological polar surface area (TPSA) is 110 Å². The highest BCUT2D eigenvalue weighted by Crippen LogP contribution is 2.39. The third-order valence-electron chi connectivity index (χ3n) is 7.52. The highest BCUT2D eigenvalue weighted by atomic mass is 16.5. The summed E-state index contributed by atoms with van der Waals surface area (Å²) in [6.45, 7) is 5.77. The van der Waals surface area contributed by atoms with E-state index >= 15 is 0 Å². The zero-order valence-electron chi connectivity index (χ0n) is 23.8. The number of carbonyl (C=O) groups is 2. The number of ether oxygens (including phenoxy) is 1. The van der Waals surface area contributed by atoms with Crippen molar-refractivity contribution in [1.29, 1.82) is 0 Å². The molecule has 5 rings (SSSR count). The van der Waals surface area contributed by atoms with Crippen LogP contribution >= 0.6 is 0 Å². The molecule has 0 atom stereocenters. The molecule has 1 aliphatic heterocycles. The summed E-state index contributed by atoms with van der Waals surface area (Å²) in [6, 6.07) is 13.1. The Morgan fingerprint density at radius 2 is 1.76 bits per heavy atom. The van der Waals surface area contributed by atoms with E-state index in [-0.39, 0.29) is 17.4 Å². The number of nitrogens with one attached hydrogen (secondary N) is 1. The van der Waals surface area contributed by atoms with Crippen LogP contribution in [-0.4, -0.2) is 48.6 Å². The van der Waals surface area contributed by atoms with Crippen molar-refractivity contribution in [3.63, 3.8) is 0 Å². The van der Waals surface area contributed by atoms with Gasteiger partial charge in [0.1, 0.15) is 11.2 Å². The van der Waals surface area contributed by atoms with Gasteiger partial charge in [-0.15, -0.1) is 0 Å².